The van der Waals surface area contributed by atoms with Crippen molar-refractivity contribution in [1.82, 2.24) is 25.3 Å². The van der Waals surface area contributed by atoms with E-state index in [1.807, 2.05) is 6.07 Å². The van der Waals surface area contributed by atoms with E-state index in [1.54, 1.807) is 19.4 Å². The minimum Gasteiger partial charge on any atom is -0.468 e. The van der Waals surface area contributed by atoms with Crippen LogP contribution < -0.4 is 10.1 Å². The van der Waals surface area contributed by atoms with Gasteiger partial charge in [-0.15, -0.1) is 0 Å². The number of pyridine rings is 1. The van der Waals surface area contributed by atoms with Crippen LogP contribution in [0.2, 0.25) is 0 Å². The van der Waals surface area contributed by atoms with Crippen molar-refractivity contribution in [2.45, 2.75) is 19.3 Å². The summed E-state index contributed by atoms with van der Waals surface area (Å²) in [5, 5.41) is 7.17. The highest BCUT2D eigenvalue weighted by Crippen LogP contribution is 2.17. The molecule has 1 aliphatic heterocycles. The number of aliphatic imine (C=N–C) groups is 1. The van der Waals surface area contributed by atoms with Crippen LogP contribution in [0.4, 0.5) is 13.2 Å². The van der Waals surface area contributed by atoms with E-state index in [9.17, 15) is 13.2 Å². The Morgan fingerprint density at radius 3 is 2.72 bits per heavy atom. The first-order valence-electron chi connectivity index (χ1n) is 9.14. The molecule has 0 bridgehead atoms. The fourth-order valence-electron chi connectivity index (χ4n) is 2.97. The topological polar surface area (TPSA) is 79.0 Å². The summed E-state index contributed by atoms with van der Waals surface area (Å²) < 4.78 is 46.4. The number of guanidine groups is 1. The highest BCUT2D eigenvalue weighted by molar-refractivity contribution is 5.80. The Kier molecular flexibility index (Phi) is 6.91. The van der Waals surface area contributed by atoms with Crippen molar-refractivity contribution in [3.8, 4) is 5.88 Å². The van der Waals surface area contributed by atoms with E-state index < -0.39 is 12.8 Å². The smallest absolute Gasteiger partial charge is 0.422 e. The molecule has 0 atom stereocenters. The summed E-state index contributed by atoms with van der Waals surface area (Å²) in [6, 6.07) is 5.06. The highest BCUT2D eigenvalue weighted by Gasteiger charge is 2.28. The van der Waals surface area contributed by atoms with Gasteiger partial charge in [0.2, 0.25) is 5.88 Å². The molecule has 0 spiro atoms. The normalized spacial score (nSPS) is 16.1. The molecule has 11 heteroatoms. The van der Waals surface area contributed by atoms with E-state index in [0.717, 1.165) is 49.9 Å². The van der Waals surface area contributed by atoms with Crippen molar-refractivity contribution in [3.63, 3.8) is 0 Å². The van der Waals surface area contributed by atoms with Gasteiger partial charge in [-0.3, -0.25) is 9.89 Å². The maximum absolute atomic E-state index is 12.3. The van der Waals surface area contributed by atoms with Crippen molar-refractivity contribution < 1.29 is 22.4 Å². The van der Waals surface area contributed by atoms with Gasteiger partial charge in [0.15, 0.2) is 12.6 Å². The predicted molar refractivity (Wildman–Crippen MR) is 99.3 cm³/mol. The van der Waals surface area contributed by atoms with Crippen LogP contribution in [0.3, 0.4) is 0 Å². The molecule has 0 unspecified atom stereocenters. The molecule has 2 aromatic rings. The molecule has 1 saturated heterocycles. The van der Waals surface area contributed by atoms with Gasteiger partial charge in [0.05, 0.1) is 5.69 Å². The number of hydrogen-bond acceptors (Lipinski definition) is 6. The quantitative estimate of drug-likeness (QED) is 0.574. The summed E-state index contributed by atoms with van der Waals surface area (Å²) >= 11 is 0. The second-order valence-corrected chi connectivity index (χ2v) is 6.56. The number of halogens is 3. The van der Waals surface area contributed by atoms with Crippen LogP contribution >= 0.6 is 0 Å². The molecule has 0 aromatic carbocycles. The summed E-state index contributed by atoms with van der Waals surface area (Å²) in [4.78, 5) is 12.5. The lowest BCUT2D eigenvalue weighted by Gasteiger charge is -2.36. The molecular formula is C18H23F3N6O2. The van der Waals surface area contributed by atoms with E-state index in [4.69, 9.17) is 9.26 Å². The summed E-state index contributed by atoms with van der Waals surface area (Å²) in [6.07, 6.45) is -1.40. The van der Waals surface area contributed by atoms with Gasteiger partial charge in [-0.2, -0.15) is 13.2 Å². The van der Waals surface area contributed by atoms with Crippen LogP contribution in [-0.4, -0.2) is 71.9 Å². The lowest BCUT2D eigenvalue weighted by Crippen LogP contribution is -2.52. The molecule has 0 aliphatic carbocycles. The molecule has 1 fully saturated rings. The van der Waals surface area contributed by atoms with Crippen LogP contribution in [0.15, 0.2) is 40.2 Å². The maximum atomic E-state index is 12.3. The summed E-state index contributed by atoms with van der Waals surface area (Å²) in [6.45, 7) is 3.10. The zero-order valence-electron chi connectivity index (χ0n) is 16.0. The zero-order chi connectivity index (χ0) is 20.7. The number of nitrogens with zero attached hydrogens (tertiary/aromatic N) is 5. The molecule has 158 valence electrons. The molecule has 0 saturated carbocycles. The standard InChI is InChI=1S/C18H23F3N6O2/c1-22-17(27-7-5-26(6-8-27)12-15-3-9-29-25-15)24-11-14-2-4-23-16(10-14)28-13-18(19,20)21/h2-4,9-10H,5-8,11-13H2,1H3,(H,22,24). The lowest BCUT2D eigenvalue weighted by atomic mass is 10.2. The Morgan fingerprint density at radius 1 is 1.28 bits per heavy atom. The SMILES string of the molecule is CN=C(NCc1ccnc(OCC(F)(F)F)c1)N1CCN(Cc2ccon2)CC1. The first-order valence-corrected chi connectivity index (χ1v) is 9.14. The number of rotatable bonds is 6. The second kappa shape index (κ2) is 9.59. The van der Waals surface area contributed by atoms with Crippen LogP contribution in [0.25, 0.3) is 0 Å². The number of alkyl halides is 3. The minimum atomic E-state index is -4.40. The predicted octanol–water partition coefficient (Wildman–Crippen LogP) is 1.90. The molecule has 1 aliphatic rings. The first kappa shape index (κ1) is 20.9. The lowest BCUT2D eigenvalue weighted by molar-refractivity contribution is -0.154. The summed E-state index contributed by atoms with van der Waals surface area (Å²) in [7, 11) is 1.70. The third-order valence-corrected chi connectivity index (χ3v) is 4.39. The van der Waals surface area contributed by atoms with Gasteiger partial charge >= 0.3 is 6.18 Å². The van der Waals surface area contributed by atoms with Crippen LogP contribution in [0, 0.1) is 0 Å². The average Bonchev–Trinajstić information content (AvgIpc) is 3.21. The number of ether oxygens (including phenoxy) is 1. The second-order valence-electron chi connectivity index (χ2n) is 6.56. The van der Waals surface area contributed by atoms with Crippen LogP contribution in [-0.2, 0) is 13.1 Å². The third kappa shape index (κ3) is 6.63. The minimum absolute atomic E-state index is 0.0573. The van der Waals surface area contributed by atoms with Crippen LogP contribution in [0.5, 0.6) is 5.88 Å². The zero-order valence-corrected chi connectivity index (χ0v) is 16.0. The molecule has 3 heterocycles. The Morgan fingerprint density at radius 2 is 2.07 bits per heavy atom. The average molecular weight is 412 g/mol. The number of nitrogens with one attached hydrogen (secondary N) is 1. The third-order valence-electron chi connectivity index (χ3n) is 4.39. The van der Waals surface area contributed by atoms with Crippen molar-refractivity contribution in [3.05, 3.63) is 41.9 Å². The Bertz CT molecular complexity index is 789. The van der Waals surface area contributed by atoms with E-state index in [-0.39, 0.29) is 5.88 Å². The van der Waals surface area contributed by atoms with E-state index >= 15 is 0 Å². The maximum Gasteiger partial charge on any atom is 0.422 e. The molecule has 1 N–H and O–H groups in total. The largest absolute Gasteiger partial charge is 0.468 e. The van der Waals surface area contributed by atoms with Gasteiger partial charge in [0.1, 0.15) is 6.26 Å². The number of aromatic nitrogens is 2. The number of piperazine rings is 1. The molecule has 29 heavy (non-hydrogen) atoms. The van der Waals surface area contributed by atoms with Gasteiger partial charge in [0.25, 0.3) is 0 Å². The van der Waals surface area contributed by atoms with Gasteiger partial charge in [0, 0.05) is 64.6 Å². The molecule has 3 rings (SSSR count). The molecule has 0 amide bonds. The van der Waals surface area contributed by atoms with E-state index in [0.29, 0.717) is 6.54 Å². The monoisotopic (exact) mass is 412 g/mol. The Hall–Kier alpha value is -2.82. The Labute approximate surface area is 166 Å². The van der Waals surface area contributed by atoms with Crippen molar-refractivity contribution >= 4 is 5.96 Å². The highest BCUT2D eigenvalue weighted by atomic mass is 19.4. The fraction of sp³-hybridized carbons (Fsp3) is 0.500. The fourth-order valence-corrected chi connectivity index (χ4v) is 2.97. The summed E-state index contributed by atoms with van der Waals surface area (Å²) in [5.74, 6) is 0.679. The van der Waals surface area contributed by atoms with Crippen molar-refractivity contribution in [1.29, 1.82) is 0 Å². The van der Waals surface area contributed by atoms with Crippen molar-refractivity contribution in [2.75, 3.05) is 39.8 Å². The Balaban J connectivity index is 1.47. The van der Waals surface area contributed by atoms with Gasteiger partial charge < -0.3 is 19.5 Å². The van der Waals surface area contributed by atoms with E-state index in [1.165, 1.54) is 12.3 Å². The van der Waals surface area contributed by atoms with Gasteiger partial charge in [-0.25, -0.2) is 4.98 Å². The van der Waals surface area contributed by atoms with Gasteiger partial charge in [-0.1, -0.05) is 5.16 Å². The number of hydrogen-bond donors (Lipinski definition) is 1. The molecular weight excluding hydrogens is 389 g/mol. The molecule has 2 aromatic heterocycles. The molecule has 8 nitrogen and oxygen atoms in total. The summed E-state index contributed by atoms with van der Waals surface area (Å²) in [5.41, 5.74) is 1.66. The van der Waals surface area contributed by atoms with Crippen LogP contribution in [0.1, 0.15) is 11.3 Å². The van der Waals surface area contributed by atoms with Gasteiger partial charge in [-0.05, 0) is 11.6 Å². The van der Waals surface area contributed by atoms with Crippen molar-refractivity contribution in [2.24, 2.45) is 4.99 Å². The first-order chi connectivity index (χ1) is 13.9. The molecule has 0 radical (unpaired) electrons. The van der Waals surface area contributed by atoms with E-state index in [2.05, 4.69) is 30.2 Å².